The van der Waals surface area contributed by atoms with Crippen LogP contribution >= 0.6 is 23.1 Å². The minimum Gasteiger partial charge on any atom is -0.485 e. The first-order chi connectivity index (χ1) is 11.7. The van der Waals surface area contributed by atoms with Crippen LogP contribution in [0.1, 0.15) is 0 Å². The molecule has 122 valence electrons. The summed E-state index contributed by atoms with van der Waals surface area (Å²) >= 11 is 3.09. The number of rotatable bonds is 3. The average molecular weight is 358 g/mol. The second kappa shape index (κ2) is 6.33. The topological polar surface area (TPSA) is 60.5 Å². The molecule has 7 heteroatoms. The molecule has 3 aromatic rings. The molecule has 24 heavy (non-hydrogen) atoms. The Labute approximate surface area is 147 Å². The van der Waals surface area contributed by atoms with Crippen LogP contribution in [0.15, 0.2) is 47.4 Å². The molecule has 4 rings (SSSR count). The maximum absolute atomic E-state index is 12.5. The first-order valence-corrected chi connectivity index (χ1v) is 9.41. The van der Waals surface area contributed by atoms with Gasteiger partial charge in [0.25, 0.3) is 5.91 Å². The molecule has 0 radical (unpaired) electrons. The Balaban J connectivity index is 1.53. The highest BCUT2D eigenvalue weighted by molar-refractivity contribution is 7.98. The van der Waals surface area contributed by atoms with Crippen LogP contribution in [-0.4, -0.2) is 29.9 Å². The maximum Gasteiger partial charge on any atom is 0.270 e. The van der Waals surface area contributed by atoms with Crippen molar-refractivity contribution in [2.24, 2.45) is 0 Å². The number of carbonyl (C=O) groups is 1. The Morgan fingerprint density at radius 3 is 2.92 bits per heavy atom. The van der Waals surface area contributed by atoms with Gasteiger partial charge in [-0.2, -0.15) is 0 Å². The van der Waals surface area contributed by atoms with Crippen LogP contribution in [-0.2, 0) is 4.79 Å². The fraction of sp³-hybridized carbons (Fsp3) is 0.176. The van der Waals surface area contributed by atoms with Gasteiger partial charge < -0.3 is 9.47 Å². The van der Waals surface area contributed by atoms with E-state index in [0.29, 0.717) is 16.6 Å². The first kappa shape index (κ1) is 15.3. The fourth-order valence-corrected chi connectivity index (χ4v) is 4.00. The number of nitrogens with one attached hydrogen (secondary N) is 1. The molecule has 1 aromatic heterocycles. The minimum atomic E-state index is -0.688. The summed E-state index contributed by atoms with van der Waals surface area (Å²) in [7, 11) is 0. The van der Waals surface area contributed by atoms with E-state index < -0.39 is 6.10 Å². The van der Waals surface area contributed by atoms with E-state index in [-0.39, 0.29) is 12.5 Å². The minimum absolute atomic E-state index is 0.184. The molecule has 2 aromatic carbocycles. The normalized spacial score (nSPS) is 16.1. The number of hydrogen-bond acceptors (Lipinski definition) is 6. The van der Waals surface area contributed by atoms with Crippen molar-refractivity contribution in [2.75, 3.05) is 18.2 Å². The van der Waals surface area contributed by atoms with E-state index >= 15 is 0 Å². The number of hydrogen-bond donors (Lipinski definition) is 1. The zero-order valence-electron chi connectivity index (χ0n) is 12.8. The van der Waals surface area contributed by atoms with Crippen LogP contribution in [0.5, 0.6) is 11.5 Å². The lowest BCUT2D eigenvalue weighted by Crippen LogP contribution is -2.40. The van der Waals surface area contributed by atoms with Crippen molar-refractivity contribution in [3.8, 4) is 11.5 Å². The average Bonchev–Trinajstić information content (AvgIpc) is 3.03. The molecular formula is C17H14N2O3S2. The molecule has 0 aliphatic carbocycles. The van der Waals surface area contributed by atoms with Crippen molar-refractivity contribution in [2.45, 2.75) is 11.0 Å². The van der Waals surface area contributed by atoms with Gasteiger partial charge in [-0.05, 0) is 30.5 Å². The molecule has 0 fully saturated rings. The third-order valence-corrected chi connectivity index (χ3v) is 5.34. The van der Waals surface area contributed by atoms with E-state index in [0.717, 1.165) is 15.1 Å². The molecule has 1 aliphatic heterocycles. The lowest BCUT2D eigenvalue weighted by molar-refractivity contribution is -0.125. The number of anilines is 1. The summed E-state index contributed by atoms with van der Waals surface area (Å²) in [4.78, 5) is 18.1. The monoisotopic (exact) mass is 358 g/mol. The summed E-state index contributed by atoms with van der Waals surface area (Å²) in [5, 5.41) is 3.41. The van der Waals surface area contributed by atoms with Gasteiger partial charge in [-0.1, -0.05) is 29.5 Å². The van der Waals surface area contributed by atoms with Gasteiger partial charge >= 0.3 is 0 Å². The smallest absolute Gasteiger partial charge is 0.270 e. The summed E-state index contributed by atoms with van der Waals surface area (Å²) in [6.07, 6.45) is 1.32. The fourth-order valence-electron chi connectivity index (χ4n) is 2.48. The molecule has 1 atom stereocenters. The zero-order chi connectivity index (χ0) is 16.5. The first-order valence-electron chi connectivity index (χ1n) is 7.37. The molecule has 1 unspecified atom stereocenters. The standard InChI is InChI=1S/C17H14N2O3S2/c1-23-13-7-4-8-14-15(13)18-17(24-14)19-16(20)12-9-21-10-5-2-3-6-11(10)22-12/h2-8,12H,9H2,1H3,(H,18,19,20). The number of carbonyl (C=O) groups excluding carboxylic acids is 1. The predicted molar refractivity (Wildman–Crippen MR) is 96.4 cm³/mol. The van der Waals surface area contributed by atoms with E-state index in [1.165, 1.54) is 11.3 Å². The van der Waals surface area contributed by atoms with Gasteiger partial charge in [0, 0.05) is 4.90 Å². The quantitative estimate of drug-likeness (QED) is 0.722. The summed E-state index contributed by atoms with van der Waals surface area (Å²) in [6.45, 7) is 0.184. The Morgan fingerprint density at radius 2 is 2.08 bits per heavy atom. The van der Waals surface area contributed by atoms with Gasteiger partial charge in [0.05, 0.1) is 10.2 Å². The van der Waals surface area contributed by atoms with Gasteiger partial charge in [0.15, 0.2) is 16.6 Å². The lowest BCUT2D eigenvalue weighted by atomic mass is 10.2. The SMILES string of the molecule is CSc1cccc2sc(NC(=O)C3COc4ccccc4O3)nc12. The van der Waals surface area contributed by atoms with Crippen molar-refractivity contribution in [3.05, 3.63) is 42.5 Å². The highest BCUT2D eigenvalue weighted by Crippen LogP contribution is 2.33. The molecule has 2 heterocycles. The van der Waals surface area contributed by atoms with E-state index in [2.05, 4.69) is 10.3 Å². The van der Waals surface area contributed by atoms with Gasteiger partial charge in [0.2, 0.25) is 6.10 Å². The number of thiazole rings is 1. The highest BCUT2D eigenvalue weighted by Gasteiger charge is 2.28. The molecular weight excluding hydrogens is 344 g/mol. The van der Waals surface area contributed by atoms with E-state index in [1.807, 2.05) is 42.7 Å². The van der Waals surface area contributed by atoms with Crippen molar-refractivity contribution in [1.82, 2.24) is 4.98 Å². The number of amides is 1. The molecule has 1 amide bonds. The number of nitrogens with zero attached hydrogens (tertiary/aromatic N) is 1. The van der Waals surface area contributed by atoms with Gasteiger partial charge in [-0.3, -0.25) is 10.1 Å². The summed E-state index contributed by atoms with van der Waals surface area (Å²) in [5.41, 5.74) is 0.913. The van der Waals surface area contributed by atoms with Crippen LogP contribution in [0, 0.1) is 0 Å². The molecule has 5 nitrogen and oxygen atoms in total. The van der Waals surface area contributed by atoms with Crippen LogP contribution in [0.25, 0.3) is 10.2 Å². The third-order valence-electron chi connectivity index (χ3n) is 3.63. The van der Waals surface area contributed by atoms with Crippen LogP contribution in [0.3, 0.4) is 0 Å². The van der Waals surface area contributed by atoms with E-state index in [9.17, 15) is 4.79 Å². The summed E-state index contributed by atoms with van der Waals surface area (Å²) in [6, 6.07) is 13.3. The Bertz CT molecular complexity index is 910. The van der Waals surface area contributed by atoms with E-state index in [1.54, 1.807) is 17.8 Å². The van der Waals surface area contributed by atoms with Crippen LogP contribution < -0.4 is 14.8 Å². The van der Waals surface area contributed by atoms with Crippen molar-refractivity contribution in [3.63, 3.8) is 0 Å². The highest BCUT2D eigenvalue weighted by atomic mass is 32.2. The van der Waals surface area contributed by atoms with Gasteiger partial charge in [-0.25, -0.2) is 4.98 Å². The number of thioether (sulfide) groups is 1. The second-order valence-corrected chi connectivity index (χ2v) is 7.06. The van der Waals surface area contributed by atoms with Gasteiger partial charge in [-0.15, -0.1) is 11.8 Å². The van der Waals surface area contributed by atoms with Crippen LogP contribution in [0.2, 0.25) is 0 Å². The second-order valence-electron chi connectivity index (χ2n) is 5.18. The van der Waals surface area contributed by atoms with E-state index in [4.69, 9.17) is 9.47 Å². The maximum atomic E-state index is 12.5. The van der Waals surface area contributed by atoms with Crippen molar-refractivity contribution >= 4 is 44.4 Å². The van der Waals surface area contributed by atoms with Crippen molar-refractivity contribution in [1.29, 1.82) is 0 Å². The Morgan fingerprint density at radius 1 is 1.25 bits per heavy atom. The van der Waals surface area contributed by atoms with Crippen LogP contribution in [0.4, 0.5) is 5.13 Å². The zero-order valence-corrected chi connectivity index (χ0v) is 14.4. The van der Waals surface area contributed by atoms with Gasteiger partial charge in [0.1, 0.15) is 6.61 Å². The number of para-hydroxylation sites is 3. The molecule has 0 bridgehead atoms. The number of aromatic nitrogens is 1. The molecule has 1 aliphatic rings. The predicted octanol–water partition coefficient (Wildman–Crippen LogP) is 3.80. The number of benzene rings is 2. The number of fused-ring (bicyclic) bond motifs is 2. The van der Waals surface area contributed by atoms with Crippen molar-refractivity contribution < 1.29 is 14.3 Å². The largest absolute Gasteiger partial charge is 0.485 e. The third kappa shape index (κ3) is 2.81. The number of ether oxygens (including phenoxy) is 2. The molecule has 0 spiro atoms. The Hall–Kier alpha value is -2.25. The molecule has 1 N–H and O–H groups in total. The Kier molecular flexibility index (Phi) is 4.03. The summed E-state index contributed by atoms with van der Waals surface area (Å²) in [5.74, 6) is 0.985. The summed E-state index contributed by atoms with van der Waals surface area (Å²) < 4.78 is 12.3. The molecule has 0 saturated heterocycles. The molecule has 0 saturated carbocycles. The lowest BCUT2D eigenvalue weighted by Gasteiger charge is -2.25.